The maximum absolute atomic E-state index is 9.92. The Kier molecular flexibility index (Phi) is 9.06. The summed E-state index contributed by atoms with van der Waals surface area (Å²) in [6, 6.07) is 0. The summed E-state index contributed by atoms with van der Waals surface area (Å²) in [5, 5.41) is 0. The summed E-state index contributed by atoms with van der Waals surface area (Å²) in [7, 11) is 0. The third-order valence-corrected chi connectivity index (χ3v) is 0.618. The van der Waals surface area contributed by atoms with Crippen LogP contribution in [0, 0.1) is 5.92 Å². The average Bonchev–Trinajstić information content (AvgIpc) is 1.82. The van der Waals surface area contributed by atoms with Gasteiger partial charge in [0.25, 0.3) is 0 Å². The van der Waals surface area contributed by atoms with Crippen LogP contribution in [0.1, 0.15) is 33.6 Å². The summed E-state index contributed by atoms with van der Waals surface area (Å²) in [6.45, 7) is 6.50. The van der Waals surface area contributed by atoms with Gasteiger partial charge in [-0.15, -0.1) is 0 Å². The molecule has 0 fully saturated rings. The van der Waals surface area contributed by atoms with E-state index in [1.165, 1.54) is 0 Å². The van der Waals surface area contributed by atoms with Crippen LogP contribution in [0.2, 0.25) is 0 Å². The van der Waals surface area contributed by atoms with Gasteiger partial charge >= 0.3 is 0 Å². The number of amides is 2. The lowest BCUT2D eigenvalue weighted by atomic mass is 10.3. The fourth-order valence-corrected chi connectivity index (χ4v) is 0.246. The van der Waals surface area contributed by atoms with E-state index in [1.807, 2.05) is 0 Å². The second kappa shape index (κ2) is 8.04. The van der Waals surface area contributed by atoms with Gasteiger partial charge in [0.1, 0.15) is 0 Å². The van der Waals surface area contributed by atoms with Gasteiger partial charge in [0.2, 0.25) is 11.8 Å². The lowest BCUT2D eigenvalue weighted by molar-refractivity contribution is -0.123. The van der Waals surface area contributed by atoms with E-state index in [1.54, 1.807) is 0 Å². The molecule has 4 nitrogen and oxygen atoms in total. The van der Waals surface area contributed by atoms with E-state index in [0.29, 0.717) is 0 Å². The van der Waals surface area contributed by atoms with Crippen molar-refractivity contribution in [2.75, 3.05) is 0 Å². The van der Waals surface area contributed by atoms with Crippen LogP contribution in [-0.4, -0.2) is 11.8 Å². The highest BCUT2D eigenvalue weighted by Crippen LogP contribution is 1.82. The number of primary amides is 2. The molecule has 4 N–H and O–H groups in total. The van der Waals surface area contributed by atoms with Crippen molar-refractivity contribution in [3.63, 3.8) is 0 Å². The minimum Gasteiger partial charge on any atom is -0.370 e. The molecule has 12 heavy (non-hydrogen) atoms. The summed E-state index contributed by atoms with van der Waals surface area (Å²) in [5.74, 6) is -0.160. The van der Waals surface area contributed by atoms with Gasteiger partial charge < -0.3 is 11.5 Å². The van der Waals surface area contributed by atoms with Gasteiger partial charge in [0, 0.05) is 12.8 Å². The molecule has 4 heteroatoms. The standard InChI is InChI=1S/C4H8N2O2.C4H10/c5-3(7)1-2-4(6)8;1-4(2)3/h1-2H2,(H2,5,7)(H2,6,8);4H,1-3H3. The monoisotopic (exact) mass is 174 g/mol. The molecule has 72 valence electrons. The number of hydrogen-bond donors (Lipinski definition) is 2. The minimum atomic E-state index is -0.496. The van der Waals surface area contributed by atoms with Gasteiger partial charge in [0.05, 0.1) is 0 Å². The first kappa shape index (κ1) is 13.5. The molecule has 0 aromatic carbocycles. The van der Waals surface area contributed by atoms with Gasteiger partial charge in [0.15, 0.2) is 0 Å². The minimum absolute atomic E-state index is 0.0509. The van der Waals surface area contributed by atoms with Crippen LogP contribution >= 0.6 is 0 Å². The first-order valence-electron chi connectivity index (χ1n) is 3.92. The van der Waals surface area contributed by atoms with Crippen molar-refractivity contribution in [3.05, 3.63) is 0 Å². The maximum Gasteiger partial charge on any atom is 0.217 e. The van der Waals surface area contributed by atoms with Crippen molar-refractivity contribution in [1.29, 1.82) is 0 Å². The van der Waals surface area contributed by atoms with Crippen LogP contribution in [0.4, 0.5) is 0 Å². The van der Waals surface area contributed by atoms with Gasteiger partial charge in [-0.1, -0.05) is 20.8 Å². The largest absolute Gasteiger partial charge is 0.370 e. The Labute approximate surface area is 73.3 Å². The quantitative estimate of drug-likeness (QED) is 0.648. The van der Waals surface area contributed by atoms with Gasteiger partial charge in [-0.25, -0.2) is 0 Å². The van der Waals surface area contributed by atoms with E-state index in [4.69, 9.17) is 11.5 Å². The van der Waals surface area contributed by atoms with Crippen LogP contribution in [0.25, 0.3) is 0 Å². The Bertz CT molecular complexity index is 127. The Morgan fingerprint density at radius 3 is 1.25 bits per heavy atom. The first-order valence-corrected chi connectivity index (χ1v) is 3.92. The highest BCUT2D eigenvalue weighted by molar-refractivity contribution is 5.81. The number of nitrogens with two attached hydrogens (primary N) is 2. The van der Waals surface area contributed by atoms with Crippen molar-refractivity contribution in [3.8, 4) is 0 Å². The molecule has 0 aromatic heterocycles. The molecule has 0 rings (SSSR count). The molecule has 0 heterocycles. The third-order valence-electron chi connectivity index (χ3n) is 0.618. The molecule has 0 aliphatic heterocycles. The summed E-state index contributed by atoms with van der Waals surface area (Å²) in [4.78, 5) is 19.8. The molecule has 0 aliphatic carbocycles. The molecule has 0 aromatic rings. The van der Waals surface area contributed by atoms with Gasteiger partial charge in [-0.2, -0.15) is 0 Å². The van der Waals surface area contributed by atoms with Crippen LogP contribution < -0.4 is 11.5 Å². The Hall–Kier alpha value is -1.06. The molecular formula is C8H18N2O2. The molecule has 0 spiro atoms. The summed E-state index contributed by atoms with van der Waals surface area (Å²) in [6.07, 6.45) is 0.102. The number of carbonyl (C=O) groups is 2. The normalized spacial score (nSPS) is 8.67. The summed E-state index contributed by atoms with van der Waals surface area (Å²) < 4.78 is 0. The highest BCUT2D eigenvalue weighted by atomic mass is 16.2. The van der Waals surface area contributed by atoms with Crippen LogP contribution in [0.15, 0.2) is 0 Å². The molecule has 0 saturated carbocycles. The second-order valence-electron chi connectivity index (χ2n) is 3.16. The van der Waals surface area contributed by atoms with Gasteiger partial charge in [-0.3, -0.25) is 9.59 Å². The highest BCUT2D eigenvalue weighted by Gasteiger charge is 1.96. The molecule has 0 aliphatic rings. The second-order valence-corrected chi connectivity index (χ2v) is 3.16. The molecule has 0 saturated heterocycles. The fourth-order valence-electron chi connectivity index (χ4n) is 0.246. The average molecular weight is 174 g/mol. The van der Waals surface area contributed by atoms with E-state index in [-0.39, 0.29) is 12.8 Å². The fraction of sp³-hybridized carbons (Fsp3) is 0.750. The van der Waals surface area contributed by atoms with E-state index in [2.05, 4.69) is 20.8 Å². The molecule has 2 amide bonds. The Morgan fingerprint density at radius 1 is 1.00 bits per heavy atom. The number of hydrogen-bond acceptors (Lipinski definition) is 2. The van der Waals surface area contributed by atoms with Crippen LogP contribution in [0.5, 0.6) is 0 Å². The van der Waals surface area contributed by atoms with E-state index in [0.717, 1.165) is 5.92 Å². The number of carbonyl (C=O) groups excluding carboxylic acids is 2. The lowest BCUT2D eigenvalue weighted by Gasteiger charge is -1.87. The van der Waals surface area contributed by atoms with Crippen LogP contribution in [-0.2, 0) is 9.59 Å². The van der Waals surface area contributed by atoms with E-state index in [9.17, 15) is 9.59 Å². The smallest absolute Gasteiger partial charge is 0.217 e. The van der Waals surface area contributed by atoms with E-state index < -0.39 is 11.8 Å². The zero-order chi connectivity index (χ0) is 10.1. The Balaban J connectivity index is 0. The van der Waals surface area contributed by atoms with Gasteiger partial charge in [-0.05, 0) is 5.92 Å². The predicted molar refractivity (Wildman–Crippen MR) is 48.1 cm³/mol. The summed E-state index contributed by atoms with van der Waals surface area (Å²) in [5.41, 5.74) is 9.39. The molecule has 0 radical (unpaired) electrons. The Morgan fingerprint density at radius 2 is 1.17 bits per heavy atom. The lowest BCUT2D eigenvalue weighted by Crippen LogP contribution is -2.16. The maximum atomic E-state index is 9.92. The molecule has 0 bridgehead atoms. The van der Waals surface area contributed by atoms with Crippen molar-refractivity contribution in [1.82, 2.24) is 0 Å². The summed E-state index contributed by atoms with van der Waals surface area (Å²) >= 11 is 0. The first-order chi connectivity index (χ1) is 5.36. The topological polar surface area (TPSA) is 86.2 Å². The SMILES string of the molecule is CC(C)C.NC(=O)CCC(N)=O. The number of rotatable bonds is 3. The molecular weight excluding hydrogens is 156 g/mol. The van der Waals surface area contributed by atoms with E-state index >= 15 is 0 Å². The van der Waals surface area contributed by atoms with Crippen molar-refractivity contribution < 1.29 is 9.59 Å². The zero-order valence-electron chi connectivity index (χ0n) is 7.96. The molecule has 0 unspecified atom stereocenters. The predicted octanol–water partition coefficient (Wildman–Crippen LogP) is 0.399. The van der Waals surface area contributed by atoms with Crippen LogP contribution in [0.3, 0.4) is 0 Å². The van der Waals surface area contributed by atoms with Crippen molar-refractivity contribution in [2.24, 2.45) is 17.4 Å². The van der Waals surface area contributed by atoms with Crippen molar-refractivity contribution in [2.45, 2.75) is 33.6 Å². The third kappa shape index (κ3) is 36.3. The zero-order valence-corrected chi connectivity index (χ0v) is 7.96. The van der Waals surface area contributed by atoms with Crippen molar-refractivity contribution >= 4 is 11.8 Å². The molecule has 0 atom stereocenters.